The summed E-state index contributed by atoms with van der Waals surface area (Å²) in [7, 11) is 0. The summed E-state index contributed by atoms with van der Waals surface area (Å²) in [5.74, 6) is -0.387. The lowest BCUT2D eigenvalue weighted by atomic mass is 9.88. The molecule has 0 aromatic carbocycles. The van der Waals surface area contributed by atoms with Gasteiger partial charge in [-0.25, -0.2) is 0 Å². The summed E-state index contributed by atoms with van der Waals surface area (Å²) in [4.78, 5) is 0. The minimum absolute atomic E-state index is 0.113. The van der Waals surface area contributed by atoms with Gasteiger partial charge in [0, 0.05) is 0 Å². The Hall–Kier alpha value is -0.210. The lowest BCUT2D eigenvalue weighted by Crippen LogP contribution is -2.31. The van der Waals surface area contributed by atoms with E-state index in [1.807, 2.05) is 6.92 Å². The van der Waals surface area contributed by atoms with Gasteiger partial charge in [0.25, 0.3) is 0 Å². The van der Waals surface area contributed by atoms with Crippen LogP contribution >= 0.6 is 0 Å². The van der Waals surface area contributed by atoms with Crippen molar-refractivity contribution in [2.24, 2.45) is 17.3 Å². The Labute approximate surface area is 77.5 Å². The third-order valence-electron chi connectivity index (χ3n) is 3.35. The van der Waals surface area contributed by atoms with Crippen molar-refractivity contribution in [3.05, 3.63) is 0 Å². The zero-order chi connectivity index (χ0) is 10.3. The molecule has 0 heterocycles. The van der Waals surface area contributed by atoms with Crippen molar-refractivity contribution in [2.75, 3.05) is 0 Å². The Morgan fingerprint density at radius 2 is 1.92 bits per heavy atom. The third-order valence-corrected chi connectivity index (χ3v) is 3.35. The van der Waals surface area contributed by atoms with E-state index in [-0.39, 0.29) is 11.8 Å². The van der Waals surface area contributed by atoms with Gasteiger partial charge < -0.3 is 0 Å². The molecule has 0 bridgehead atoms. The van der Waals surface area contributed by atoms with E-state index in [9.17, 15) is 13.2 Å². The average molecular weight is 194 g/mol. The van der Waals surface area contributed by atoms with E-state index < -0.39 is 11.6 Å². The van der Waals surface area contributed by atoms with Gasteiger partial charge >= 0.3 is 6.18 Å². The highest BCUT2D eigenvalue weighted by molar-refractivity contribution is 5.08. The lowest BCUT2D eigenvalue weighted by Gasteiger charge is -2.25. The highest BCUT2D eigenvalue weighted by Gasteiger charge is 2.70. The molecule has 1 fully saturated rings. The first-order valence-electron chi connectivity index (χ1n) is 4.93. The van der Waals surface area contributed by atoms with Crippen molar-refractivity contribution in [3.8, 4) is 0 Å². The Balaban J connectivity index is 2.72. The molecule has 0 amide bonds. The molecule has 0 aliphatic heterocycles. The van der Waals surface area contributed by atoms with Crippen LogP contribution in [-0.2, 0) is 0 Å². The lowest BCUT2D eigenvalue weighted by molar-refractivity contribution is -0.205. The molecule has 0 saturated heterocycles. The summed E-state index contributed by atoms with van der Waals surface area (Å²) in [6, 6.07) is 0. The van der Waals surface area contributed by atoms with Crippen molar-refractivity contribution in [1.82, 2.24) is 0 Å². The standard InChI is InChI=1S/C10H17F3/c1-4-5-8-6-9(8,7(2)3)10(11,12)13/h7-8H,4-6H2,1-3H3. The van der Waals surface area contributed by atoms with Crippen molar-refractivity contribution in [1.29, 1.82) is 0 Å². The van der Waals surface area contributed by atoms with Gasteiger partial charge in [0.05, 0.1) is 5.41 Å². The van der Waals surface area contributed by atoms with Crippen LogP contribution in [-0.4, -0.2) is 6.18 Å². The molecule has 1 rings (SSSR count). The van der Waals surface area contributed by atoms with Crippen LogP contribution in [0.3, 0.4) is 0 Å². The molecule has 0 aromatic rings. The molecular formula is C10H17F3. The molecule has 78 valence electrons. The van der Waals surface area contributed by atoms with E-state index in [1.165, 1.54) is 0 Å². The number of halogens is 3. The molecule has 0 aromatic heterocycles. The van der Waals surface area contributed by atoms with Gasteiger partial charge in [-0.05, 0) is 24.7 Å². The van der Waals surface area contributed by atoms with E-state index in [0.717, 1.165) is 12.8 Å². The van der Waals surface area contributed by atoms with Crippen molar-refractivity contribution >= 4 is 0 Å². The van der Waals surface area contributed by atoms with Gasteiger partial charge in [0.1, 0.15) is 0 Å². The second-order valence-electron chi connectivity index (χ2n) is 4.38. The fraction of sp³-hybridized carbons (Fsp3) is 1.00. The first-order chi connectivity index (χ1) is 5.86. The molecule has 0 radical (unpaired) electrons. The Kier molecular flexibility index (Phi) is 2.65. The van der Waals surface area contributed by atoms with E-state index in [4.69, 9.17) is 0 Å². The molecule has 1 saturated carbocycles. The molecule has 2 atom stereocenters. The monoisotopic (exact) mass is 194 g/mol. The molecule has 2 unspecified atom stereocenters. The van der Waals surface area contributed by atoms with Crippen molar-refractivity contribution in [3.63, 3.8) is 0 Å². The van der Waals surface area contributed by atoms with Crippen LogP contribution in [0, 0.1) is 17.3 Å². The van der Waals surface area contributed by atoms with Gasteiger partial charge in [-0.3, -0.25) is 0 Å². The molecule has 1 aliphatic carbocycles. The van der Waals surface area contributed by atoms with Crippen LogP contribution in [0.4, 0.5) is 13.2 Å². The van der Waals surface area contributed by atoms with Crippen molar-refractivity contribution < 1.29 is 13.2 Å². The number of rotatable bonds is 3. The average Bonchev–Trinajstić information content (AvgIpc) is 2.62. The van der Waals surface area contributed by atoms with Crippen LogP contribution in [0.5, 0.6) is 0 Å². The maximum Gasteiger partial charge on any atom is 0.395 e. The number of alkyl halides is 3. The Morgan fingerprint density at radius 1 is 1.38 bits per heavy atom. The SMILES string of the molecule is CCCC1CC1(C(C)C)C(F)(F)F. The largest absolute Gasteiger partial charge is 0.395 e. The van der Waals surface area contributed by atoms with Gasteiger partial charge in [0.15, 0.2) is 0 Å². The second-order valence-corrected chi connectivity index (χ2v) is 4.38. The molecule has 0 spiro atoms. The van der Waals surface area contributed by atoms with E-state index in [1.54, 1.807) is 13.8 Å². The summed E-state index contributed by atoms with van der Waals surface area (Å²) in [6.07, 6.45) is -2.07. The minimum Gasteiger partial charge on any atom is -0.170 e. The Bertz CT molecular complexity index is 183. The summed E-state index contributed by atoms with van der Waals surface area (Å²) in [5, 5.41) is 0. The van der Waals surface area contributed by atoms with Gasteiger partial charge in [-0.1, -0.05) is 27.2 Å². The predicted molar refractivity (Wildman–Crippen MR) is 46.3 cm³/mol. The summed E-state index contributed by atoms with van der Waals surface area (Å²) in [6.45, 7) is 5.31. The molecular weight excluding hydrogens is 177 g/mol. The quantitative estimate of drug-likeness (QED) is 0.636. The van der Waals surface area contributed by atoms with E-state index >= 15 is 0 Å². The topological polar surface area (TPSA) is 0 Å². The van der Waals surface area contributed by atoms with E-state index in [0.29, 0.717) is 6.42 Å². The first kappa shape index (κ1) is 10.9. The normalized spacial score (nSPS) is 33.9. The predicted octanol–water partition coefficient (Wildman–Crippen LogP) is 4.01. The fourth-order valence-electron chi connectivity index (χ4n) is 2.44. The van der Waals surface area contributed by atoms with Crippen LogP contribution in [0.25, 0.3) is 0 Å². The van der Waals surface area contributed by atoms with Crippen LogP contribution in [0.1, 0.15) is 40.0 Å². The minimum atomic E-state index is -4.00. The second kappa shape index (κ2) is 3.18. The number of hydrogen-bond acceptors (Lipinski definition) is 0. The first-order valence-corrected chi connectivity index (χ1v) is 4.93. The maximum atomic E-state index is 12.7. The highest BCUT2D eigenvalue weighted by Crippen LogP contribution is 2.67. The van der Waals surface area contributed by atoms with Gasteiger partial charge in [0.2, 0.25) is 0 Å². The third kappa shape index (κ3) is 1.57. The van der Waals surface area contributed by atoms with Crippen LogP contribution < -0.4 is 0 Å². The zero-order valence-electron chi connectivity index (χ0n) is 8.41. The van der Waals surface area contributed by atoms with Gasteiger partial charge in [-0.15, -0.1) is 0 Å². The summed E-state index contributed by atoms with van der Waals surface area (Å²) < 4.78 is 38.2. The fourth-order valence-corrected chi connectivity index (χ4v) is 2.44. The molecule has 13 heavy (non-hydrogen) atoms. The zero-order valence-corrected chi connectivity index (χ0v) is 8.41. The Morgan fingerprint density at radius 3 is 2.15 bits per heavy atom. The highest BCUT2D eigenvalue weighted by atomic mass is 19.4. The smallest absolute Gasteiger partial charge is 0.170 e. The van der Waals surface area contributed by atoms with Crippen LogP contribution in [0.15, 0.2) is 0 Å². The van der Waals surface area contributed by atoms with Crippen LogP contribution in [0.2, 0.25) is 0 Å². The maximum absolute atomic E-state index is 12.7. The molecule has 3 heteroatoms. The molecule has 1 aliphatic rings. The van der Waals surface area contributed by atoms with E-state index in [2.05, 4.69) is 0 Å². The molecule has 0 N–H and O–H groups in total. The molecule has 0 nitrogen and oxygen atoms in total. The summed E-state index contributed by atoms with van der Waals surface area (Å²) >= 11 is 0. The summed E-state index contributed by atoms with van der Waals surface area (Å²) in [5.41, 5.74) is -1.34. The number of hydrogen-bond donors (Lipinski definition) is 0. The van der Waals surface area contributed by atoms with Gasteiger partial charge in [-0.2, -0.15) is 13.2 Å². The van der Waals surface area contributed by atoms with Crippen molar-refractivity contribution in [2.45, 2.75) is 46.2 Å².